The average molecular weight is 339 g/mol. The van der Waals surface area contributed by atoms with Gasteiger partial charge in [-0.1, -0.05) is 30.3 Å². The van der Waals surface area contributed by atoms with Crippen molar-refractivity contribution < 1.29 is 9.59 Å². The topological polar surface area (TPSA) is 65.2 Å². The monoisotopic (exact) mass is 339 g/mol. The number of hydrogen-bond donors (Lipinski definition) is 2. The van der Waals surface area contributed by atoms with Gasteiger partial charge in [-0.05, 0) is 45.4 Å². The summed E-state index contributed by atoms with van der Waals surface area (Å²) in [6, 6.07) is 10.5. The van der Waals surface area contributed by atoms with Crippen LogP contribution in [-0.4, -0.2) is 41.2 Å². The van der Waals surface area contributed by atoms with E-state index in [4.69, 9.17) is 0 Å². The number of carbonyl (C=O) groups is 2. The van der Waals surface area contributed by atoms with Crippen LogP contribution in [0.15, 0.2) is 30.3 Å². The van der Waals surface area contributed by atoms with Crippen LogP contribution in [0.4, 0.5) is 0 Å². The fraction of sp³-hybridized carbons (Fsp3) is 0.400. The Morgan fingerprint density at radius 2 is 1.88 bits per heavy atom. The van der Waals surface area contributed by atoms with E-state index in [0.29, 0.717) is 11.3 Å². The Hall–Kier alpha value is -2.40. The number of aromatic nitrogens is 1. The number of aryl methyl sites for hydroxylation is 1. The van der Waals surface area contributed by atoms with E-state index in [1.807, 2.05) is 32.0 Å². The van der Waals surface area contributed by atoms with Crippen molar-refractivity contribution in [1.82, 2.24) is 15.2 Å². The minimum absolute atomic E-state index is 0.0203. The maximum absolute atomic E-state index is 12.8. The van der Waals surface area contributed by atoms with Gasteiger partial charge in [-0.2, -0.15) is 0 Å². The molecule has 0 unspecified atom stereocenters. The molecule has 0 aliphatic carbocycles. The summed E-state index contributed by atoms with van der Waals surface area (Å²) >= 11 is 0. The second kappa shape index (κ2) is 6.84. The van der Waals surface area contributed by atoms with Crippen molar-refractivity contribution in [2.24, 2.45) is 0 Å². The largest absolute Gasteiger partial charge is 0.354 e. The van der Waals surface area contributed by atoms with Crippen molar-refractivity contribution in [3.63, 3.8) is 0 Å². The summed E-state index contributed by atoms with van der Waals surface area (Å²) in [5, 5.41) is 3.17. The number of likely N-dealkylation sites (tertiary alicyclic amines) is 1. The van der Waals surface area contributed by atoms with Gasteiger partial charge in [0, 0.05) is 17.8 Å². The number of H-pyrrole nitrogens is 1. The van der Waals surface area contributed by atoms with E-state index in [0.717, 1.165) is 24.2 Å². The number of nitrogens with one attached hydrogen (secondary N) is 2. The Balaban J connectivity index is 1.83. The highest BCUT2D eigenvalue weighted by atomic mass is 16.2. The average Bonchev–Trinajstić information content (AvgIpc) is 3.07. The van der Waals surface area contributed by atoms with Crippen molar-refractivity contribution >= 4 is 11.7 Å². The van der Waals surface area contributed by atoms with E-state index in [1.165, 1.54) is 12.5 Å². The van der Waals surface area contributed by atoms with Crippen molar-refractivity contribution in [3.05, 3.63) is 58.4 Å². The molecule has 0 saturated carbocycles. The first-order valence-corrected chi connectivity index (χ1v) is 8.66. The highest BCUT2D eigenvalue weighted by Gasteiger charge is 2.34. The van der Waals surface area contributed by atoms with E-state index >= 15 is 0 Å². The van der Waals surface area contributed by atoms with Crippen LogP contribution in [0.1, 0.15) is 57.1 Å². The van der Waals surface area contributed by atoms with Gasteiger partial charge in [0.2, 0.25) is 0 Å². The van der Waals surface area contributed by atoms with Crippen LogP contribution in [-0.2, 0) is 0 Å². The van der Waals surface area contributed by atoms with Crippen molar-refractivity contribution in [1.29, 1.82) is 0 Å². The van der Waals surface area contributed by atoms with E-state index < -0.39 is 0 Å². The third-order valence-corrected chi connectivity index (χ3v) is 5.12. The van der Waals surface area contributed by atoms with Gasteiger partial charge in [0.15, 0.2) is 5.78 Å². The number of amides is 1. The molecule has 0 radical (unpaired) electrons. The molecule has 1 aliphatic heterocycles. The molecule has 132 valence electrons. The lowest BCUT2D eigenvalue weighted by Crippen LogP contribution is -2.39. The van der Waals surface area contributed by atoms with E-state index in [-0.39, 0.29) is 23.8 Å². The summed E-state index contributed by atoms with van der Waals surface area (Å²) in [6.07, 6.45) is 0.903. The van der Waals surface area contributed by atoms with Gasteiger partial charge in [-0.25, -0.2) is 0 Å². The molecule has 1 saturated heterocycles. The van der Waals surface area contributed by atoms with Crippen LogP contribution in [0, 0.1) is 13.8 Å². The number of rotatable bonds is 4. The fourth-order valence-electron chi connectivity index (χ4n) is 3.98. The Bertz CT molecular complexity index is 795. The molecule has 1 aromatic heterocycles. The molecule has 0 bridgehead atoms. The van der Waals surface area contributed by atoms with Crippen molar-refractivity contribution in [3.8, 4) is 0 Å². The minimum Gasteiger partial charge on any atom is -0.354 e. The number of ketones is 1. The highest BCUT2D eigenvalue weighted by molar-refractivity contribution is 6.02. The third kappa shape index (κ3) is 3.24. The van der Waals surface area contributed by atoms with Crippen molar-refractivity contribution in [2.45, 2.75) is 39.3 Å². The van der Waals surface area contributed by atoms with Crippen molar-refractivity contribution in [2.75, 3.05) is 13.6 Å². The van der Waals surface area contributed by atoms with Crippen LogP contribution in [0.2, 0.25) is 0 Å². The standard InChI is InChI=1S/C20H25N3O2/c1-12-17(14(3)24)13(2)21-18(12)20(25)22-16-10-11-23(4)19(16)15-8-6-5-7-9-15/h5-9,16,19,21H,10-11H2,1-4H3,(H,22,25)/t16-,19-/m1/s1. The Morgan fingerprint density at radius 3 is 2.48 bits per heavy atom. The first-order chi connectivity index (χ1) is 11.9. The SMILES string of the molecule is CC(=O)c1c(C)[nH]c(C(=O)N[C@@H]2CCN(C)[C@@H]2c2ccccc2)c1C. The Kier molecular flexibility index (Phi) is 4.77. The molecule has 2 aromatic rings. The quantitative estimate of drug-likeness (QED) is 0.842. The second-order valence-corrected chi connectivity index (χ2v) is 6.89. The maximum Gasteiger partial charge on any atom is 0.268 e. The number of carbonyl (C=O) groups excluding carboxylic acids is 2. The molecule has 2 heterocycles. The van der Waals surface area contributed by atoms with Crippen LogP contribution < -0.4 is 5.32 Å². The molecule has 1 aliphatic rings. The number of benzene rings is 1. The lowest BCUT2D eigenvalue weighted by Gasteiger charge is -2.26. The van der Waals surface area contributed by atoms with E-state index in [9.17, 15) is 9.59 Å². The van der Waals surface area contributed by atoms with Gasteiger partial charge in [0.05, 0.1) is 12.1 Å². The summed E-state index contributed by atoms with van der Waals surface area (Å²) < 4.78 is 0. The van der Waals surface area contributed by atoms with Crippen LogP contribution in [0.3, 0.4) is 0 Å². The van der Waals surface area contributed by atoms with Crippen LogP contribution >= 0.6 is 0 Å². The first-order valence-electron chi connectivity index (χ1n) is 8.66. The molecule has 1 aromatic carbocycles. The molecule has 3 rings (SSSR count). The number of Topliss-reactive ketones (excluding diaryl/α,β-unsaturated/α-hetero) is 1. The van der Waals surface area contributed by atoms with Crippen LogP contribution in [0.25, 0.3) is 0 Å². The predicted molar refractivity (Wildman–Crippen MR) is 98.0 cm³/mol. The molecule has 2 N–H and O–H groups in total. The summed E-state index contributed by atoms with van der Waals surface area (Å²) in [5.41, 5.74) is 3.79. The lowest BCUT2D eigenvalue weighted by molar-refractivity contribution is 0.0922. The normalized spacial score (nSPS) is 20.6. The zero-order chi connectivity index (χ0) is 18.1. The number of likely N-dealkylation sites (N-methyl/N-ethyl adjacent to an activating group) is 1. The van der Waals surface area contributed by atoms with Crippen LogP contribution in [0.5, 0.6) is 0 Å². The Morgan fingerprint density at radius 1 is 1.20 bits per heavy atom. The third-order valence-electron chi connectivity index (χ3n) is 5.12. The lowest BCUT2D eigenvalue weighted by atomic mass is 10.00. The number of hydrogen-bond acceptors (Lipinski definition) is 3. The minimum atomic E-state index is -0.144. The summed E-state index contributed by atoms with van der Waals surface area (Å²) in [5.74, 6) is -0.164. The molecule has 25 heavy (non-hydrogen) atoms. The van der Waals surface area contributed by atoms with Gasteiger partial charge in [0.1, 0.15) is 5.69 Å². The Labute approximate surface area is 148 Å². The number of aromatic amines is 1. The summed E-state index contributed by atoms with van der Waals surface area (Å²) in [6.45, 7) is 6.12. The molecule has 5 nitrogen and oxygen atoms in total. The van der Waals surface area contributed by atoms with Gasteiger partial charge in [-0.15, -0.1) is 0 Å². The molecular weight excluding hydrogens is 314 g/mol. The van der Waals surface area contributed by atoms with Gasteiger partial charge >= 0.3 is 0 Å². The van der Waals surface area contributed by atoms with Gasteiger partial charge in [0.25, 0.3) is 5.91 Å². The zero-order valence-electron chi connectivity index (χ0n) is 15.2. The fourth-order valence-corrected chi connectivity index (χ4v) is 3.98. The molecule has 2 atom stereocenters. The molecular formula is C20H25N3O2. The molecule has 1 amide bonds. The van der Waals surface area contributed by atoms with E-state index in [1.54, 1.807) is 0 Å². The van der Waals surface area contributed by atoms with Gasteiger partial charge < -0.3 is 10.3 Å². The molecule has 1 fully saturated rings. The van der Waals surface area contributed by atoms with E-state index in [2.05, 4.69) is 34.4 Å². The molecule has 5 heteroatoms. The smallest absolute Gasteiger partial charge is 0.268 e. The summed E-state index contributed by atoms with van der Waals surface area (Å²) in [4.78, 5) is 30.0. The summed E-state index contributed by atoms with van der Waals surface area (Å²) in [7, 11) is 2.09. The van der Waals surface area contributed by atoms with Gasteiger partial charge in [-0.3, -0.25) is 14.5 Å². The predicted octanol–water partition coefficient (Wildman–Crippen LogP) is 3.01. The maximum atomic E-state index is 12.8. The first kappa shape index (κ1) is 17.4. The number of nitrogens with zero attached hydrogens (tertiary/aromatic N) is 1. The zero-order valence-corrected chi connectivity index (χ0v) is 15.2. The second-order valence-electron chi connectivity index (χ2n) is 6.89. The molecule has 0 spiro atoms. The highest BCUT2D eigenvalue weighted by Crippen LogP contribution is 2.31.